The number of aliphatic carboxylic acids is 1. The molecule has 0 saturated heterocycles. The summed E-state index contributed by atoms with van der Waals surface area (Å²) in [5.74, 6) is -0.884. The van der Waals surface area contributed by atoms with Gasteiger partial charge in [-0.3, -0.25) is 4.79 Å². The summed E-state index contributed by atoms with van der Waals surface area (Å²) in [4.78, 5) is 9.53. The van der Waals surface area contributed by atoms with Gasteiger partial charge < -0.3 is 5.11 Å². The van der Waals surface area contributed by atoms with Gasteiger partial charge in [-0.1, -0.05) is 44.0 Å². The van der Waals surface area contributed by atoms with Crippen LogP contribution in [0.3, 0.4) is 0 Å². The van der Waals surface area contributed by atoms with Crippen molar-refractivity contribution in [3.8, 4) is 0 Å². The van der Waals surface area contributed by atoms with E-state index in [0.717, 1.165) is 5.57 Å². The summed E-state index contributed by atoms with van der Waals surface area (Å²) in [6.07, 6.45) is 0. The average Bonchev–Trinajstić information content (AvgIpc) is 1.84. The van der Waals surface area contributed by atoms with Crippen LogP contribution in [0, 0.1) is 0 Å². The predicted octanol–water partition coefficient (Wildman–Crippen LogP) is 2.17. The fraction of sp³-hybridized carbons (Fsp3) is 0.500. The molecule has 0 aromatic heterocycles. The second-order valence-corrected chi connectivity index (χ2v) is 3.96. The molecule has 0 aromatic rings. The molecule has 2 atom stereocenters. The van der Waals surface area contributed by atoms with Gasteiger partial charge in [0.25, 0.3) is 0 Å². The Hall–Kier alpha value is 0.170. The van der Waals surface area contributed by atoms with Gasteiger partial charge in [0.1, 0.15) is 4.83 Å². The first-order chi connectivity index (χ1) is 4.46. The van der Waals surface area contributed by atoms with Crippen LogP contribution in [0.2, 0.25) is 0 Å². The molecule has 0 aliphatic rings. The number of carboxylic acid groups (broad SMARTS) is 1. The first-order valence-corrected chi connectivity index (χ1v) is 4.46. The zero-order valence-corrected chi connectivity index (χ0v) is 8.65. The Morgan fingerprint density at radius 3 is 2.00 bits per heavy atom. The molecule has 0 saturated carbocycles. The van der Waals surface area contributed by atoms with Crippen molar-refractivity contribution in [2.75, 3.05) is 0 Å². The topological polar surface area (TPSA) is 37.3 Å². The third kappa shape index (κ3) is 2.84. The maximum Gasteiger partial charge on any atom is 0.318 e. The Morgan fingerprint density at radius 2 is 1.90 bits per heavy atom. The SMILES string of the molecule is C=C(C)C(Br)C(Br)C(=O)O. The third-order valence-corrected chi connectivity index (χ3v) is 3.90. The number of rotatable bonds is 3. The van der Waals surface area contributed by atoms with E-state index in [1.54, 1.807) is 6.92 Å². The minimum absolute atomic E-state index is 0.204. The highest BCUT2D eigenvalue weighted by molar-refractivity contribution is 9.12. The standard InChI is InChI=1S/C6H8Br2O2/c1-3(2)4(7)5(8)6(9)10/h4-5H,1H2,2H3,(H,9,10). The summed E-state index contributed by atoms with van der Waals surface area (Å²) in [6, 6.07) is 0. The van der Waals surface area contributed by atoms with E-state index < -0.39 is 10.8 Å². The fourth-order valence-corrected chi connectivity index (χ4v) is 1.05. The van der Waals surface area contributed by atoms with Crippen molar-refractivity contribution in [1.82, 2.24) is 0 Å². The predicted molar refractivity (Wildman–Crippen MR) is 47.9 cm³/mol. The molecule has 0 spiro atoms. The first-order valence-electron chi connectivity index (χ1n) is 2.63. The molecule has 1 N–H and O–H groups in total. The smallest absolute Gasteiger partial charge is 0.318 e. The summed E-state index contributed by atoms with van der Waals surface area (Å²) in [5, 5.41) is 8.48. The van der Waals surface area contributed by atoms with Crippen LogP contribution in [-0.4, -0.2) is 20.7 Å². The molecule has 0 amide bonds. The van der Waals surface area contributed by atoms with Gasteiger partial charge in [-0.25, -0.2) is 0 Å². The second kappa shape index (κ2) is 4.13. The van der Waals surface area contributed by atoms with Crippen molar-refractivity contribution in [2.45, 2.75) is 16.6 Å². The van der Waals surface area contributed by atoms with Crippen LogP contribution < -0.4 is 0 Å². The van der Waals surface area contributed by atoms with Crippen LogP contribution in [-0.2, 0) is 4.79 Å². The summed E-state index contributed by atoms with van der Waals surface area (Å²) >= 11 is 6.18. The van der Waals surface area contributed by atoms with Crippen LogP contribution in [0.5, 0.6) is 0 Å². The monoisotopic (exact) mass is 270 g/mol. The Balaban J connectivity index is 4.07. The maximum absolute atomic E-state index is 10.3. The number of allylic oxidation sites excluding steroid dienone is 1. The van der Waals surface area contributed by atoms with Gasteiger partial charge in [0.15, 0.2) is 0 Å². The van der Waals surface area contributed by atoms with Crippen LogP contribution in [0.15, 0.2) is 12.2 Å². The molecule has 0 rings (SSSR count). The van der Waals surface area contributed by atoms with Gasteiger partial charge in [0, 0.05) is 0 Å². The minimum Gasteiger partial charge on any atom is -0.480 e. The fourth-order valence-electron chi connectivity index (χ4n) is 0.375. The van der Waals surface area contributed by atoms with Crippen molar-refractivity contribution in [2.24, 2.45) is 0 Å². The lowest BCUT2D eigenvalue weighted by Crippen LogP contribution is -2.24. The molecule has 2 nitrogen and oxygen atoms in total. The van der Waals surface area contributed by atoms with E-state index in [2.05, 4.69) is 38.4 Å². The highest BCUT2D eigenvalue weighted by Crippen LogP contribution is 2.20. The number of halogens is 2. The van der Waals surface area contributed by atoms with Crippen molar-refractivity contribution in [3.63, 3.8) is 0 Å². The lowest BCUT2D eigenvalue weighted by Gasteiger charge is -2.11. The highest BCUT2D eigenvalue weighted by Gasteiger charge is 2.22. The van der Waals surface area contributed by atoms with Crippen molar-refractivity contribution in [3.05, 3.63) is 12.2 Å². The number of alkyl halides is 2. The normalized spacial score (nSPS) is 15.9. The lowest BCUT2D eigenvalue weighted by molar-refractivity contribution is -0.136. The Morgan fingerprint density at radius 1 is 1.50 bits per heavy atom. The number of hydrogen-bond acceptors (Lipinski definition) is 1. The van der Waals surface area contributed by atoms with Gasteiger partial charge in [0.05, 0.1) is 4.83 Å². The molecule has 0 fully saturated rings. The number of hydrogen-bond donors (Lipinski definition) is 1. The molecule has 0 radical (unpaired) electrons. The molecule has 0 aliphatic heterocycles. The van der Waals surface area contributed by atoms with Gasteiger partial charge >= 0.3 is 5.97 Å². The van der Waals surface area contributed by atoms with Gasteiger partial charge in [-0.2, -0.15) is 0 Å². The maximum atomic E-state index is 10.3. The summed E-state index contributed by atoms with van der Waals surface area (Å²) in [5.41, 5.74) is 0.796. The molecule has 0 bridgehead atoms. The zero-order chi connectivity index (χ0) is 8.31. The highest BCUT2D eigenvalue weighted by atomic mass is 79.9. The van der Waals surface area contributed by atoms with E-state index in [-0.39, 0.29) is 4.83 Å². The molecule has 0 aromatic carbocycles. The van der Waals surface area contributed by atoms with Crippen LogP contribution in [0.4, 0.5) is 0 Å². The van der Waals surface area contributed by atoms with E-state index in [9.17, 15) is 4.79 Å². The number of carboxylic acids is 1. The minimum atomic E-state index is -0.884. The Bertz CT molecular complexity index is 138. The van der Waals surface area contributed by atoms with Gasteiger partial charge in [0.2, 0.25) is 0 Å². The molecule has 2 unspecified atom stereocenters. The van der Waals surface area contributed by atoms with Crippen LogP contribution in [0.25, 0.3) is 0 Å². The van der Waals surface area contributed by atoms with E-state index in [1.165, 1.54) is 0 Å². The Kier molecular flexibility index (Phi) is 4.20. The van der Waals surface area contributed by atoms with Crippen molar-refractivity contribution < 1.29 is 9.90 Å². The van der Waals surface area contributed by atoms with Crippen molar-refractivity contribution in [1.29, 1.82) is 0 Å². The van der Waals surface area contributed by atoms with Gasteiger partial charge in [-0.05, 0) is 6.92 Å². The summed E-state index contributed by atoms with van der Waals surface area (Å²) < 4.78 is 0. The Labute approximate surface area is 76.6 Å². The third-order valence-electron chi connectivity index (χ3n) is 0.964. The van der Waals surface area contributed by atoms with E-state index >= 15 is 0 Å². The largest absolute Gasteiger partial charge is 0.480 e. The molecular weight excluding hydrogens is 264 g/mol. The summed E-state index contributed by atoms with van der Waals surface area (Å²) in [6.45, 7) is 5.39. The molecule has 0 aliphatic carbocycles. The quantitative estimate of drug-likeness (QED) is 0.631. The van der Waals surface area contributed by atoms with Crippen LogP contribution >= 0.6 is 31.9 Å². The first kappa shape index (κ1) is 10.2. The molecule has 4 heteroatoms. The molecule has 58 valence electrons. The molecule has 10 heavy (non-hydrogen) atoms. The zero-order valence-electron chi connectivity index (χ0n) is 5.47. The molecular formula is C6H8Br2O2. The summed E-state index contributed by atoms with van der Waals surface area (Å²) in [7, 11) is 0. The van der Waals surface area contributed by atoms with E-state index in [4.69, 9.17) is 5.11 Å². The van der Waals surface area contributed by atoms with Crippen molar-refractivity contribution >= 4 is 37.8 Å². The second-order valence-electron chi connectivity index (χ2n) is 1.99. The van der Waals surface area contributed by atoms with E-state index in [1.807, 2.05) is 0 Å². The average molecular weight is 272 g/mol. The molecule has 0 heterocycles. The van der Waals surface area contributed by atoms with E-state index in [0.29, 0.717) is 0 Å². The van der Waals surface area contributed by atoms with Crippen LogP contribution in [0.1, 0.15) is 6.92 Å². The lowest BCUT2D eigenvalue weighted by atomic mass is 10.2. The number of carbonyl (C=O) groups is 1. The van der Waals surface area contributed by atoms with Gasteiger partial charge in [-0.15, -0.1) is 0 Å².